The van der Waals surface area contributed by atoms with Crippen LogP contribution < -0.4 is 4.90 Å². The molecular weight excluding hydrogens is 424 g/mol. The summed E-state index contributed by atoms with van der Waals surface area (Å²) in [5.74, 6) is -0.301. The molecule has 30 heavy (non-hydrogen) atoms. The summed E-state index contributed by atoms with van der Waals surface area (Å²) in [5, 5.41) is 12.1. The number of nitro benzene ring substituents is 1. The number of hydrogen-bond acceptors (Lipinski definition) is 6. The van der Waals surface area contributed by atoms with E-state index in [1.165, 1.54) is 35.6 Å². The Kier molecular flexibility index (Phi) is 5.43. The van der Waals surface area contributed by atoms with E-state index in [1.807, 2.05) is 31.2 Å². The van der Waals surface area contributed by atoms with Gasteiger partial charge in [0.25, 0.3) is 11.6 Å². The maximum atomic E-state index is 13.3. The minimum absolute atomic E-state index is 0.0718. The first kappa shape index (κ1) is 19.9. The number of aromatic nitrogens is 2. The third-order valence-electron chi connectivity index (χ3n) is 4.53. The topological polar surface area (TPSA) is 89.2 Å². The average Bonchev–Trinajstić information content (AvgIpc) is 3.16. The van der Waals surface area contributed by atoms with Crippen LogP contribution in [0, 0.1) is 17.0 Å². The van der Waals surface area contributed by atoms with Gasteiger partial charge in [0, 0.05) is 35.1 Å². The van der Waals surface area contributed by atoms with E-state index in [1.54, 1.807) is 17.3 Å². The molecule has 0 aliphatic rings. The van der Waals surface area contributed by atoms with Gasteiger partial charge >= 0.3 is 0 Å². The molecule has 0 radical (unpaired) electrons. The minimum Gasteiger partial charge on any atom is -0.279 e. The number of aryl methyl sites for hydroxylation is 1. The fourth-order valence-corrected chi connectivity index (χ4v) is 4.45. The summed E-state index contributed by atoms with van der Waals surface area (Å²) < 4.78 is 0.881. The van der Waals surface area contributed by atoms with Gasteiger partial charge in [0.15, 0.2) is 5.13 Å². The smallest absolute Gasteiger partial charge is 0.269 e. The summed E-state index contributed by atoms with van der Waals surface area (Å²) in [4.78, 5) is 34.0. The van der Waals surface area contributed by atoms with Crippen molar-refractivity contribution in [2.75, 3.05) is 4.90 Å². The first-order valence-corrected chi connectivity index (χ1v) is 10.1. The number of anilines is 1. The quantitative estimate of drug-likeness (QED) is 0.307. The lowest BCUT2D eigenvalue weighted by Gasteiger charge is -2.20. The number of benzene rings is 2. The zero-order valence-electron chi connectivity index (χ0n) is 15.8. The largest absolute Gasteiger partial charge is 0.279 e. The van der Waals surface area contributed by atoms with Crippen LogP contribution in [0.3, 0.4) is 0 Å². The fourth-order valence-electron chi connectivity index (χ4n) is 3.04. The number of non-ortho nitro benzene ring substituents is 1. The van der Waals surface area contributed by atoms with Crippen LogP contribution in [-0.4, -0.2) is 20.8 Å². The van der Waals surface area contributed by atoms with Gasteiger partial charge in [0.05, 0.1) is 21.7 Å². The van der Waals surface area contributed by atoms with Crippen molar-refractivity contribution in [1.29, 1.82) is 0 Å². The molecule has 0 unspecified atom stereocenters. The van der Waals surface area contributed by atoms with Crippen molar-refractivity contribution >= 4 is 49.9 Å². The van der Waals surface area contributed by atoms with Gasteiger partial charge in [-0.25, -0.2) is 4.98 Å². The Morgan fingerprint density at radius 3 is 2.53 bits per heavy atom. The summed E-state index contributed by atoms with van der Waals surface area (Å²) in [7, 11) is 0. The number of rotatable bonds is 5. The Balaban J connectivity index is 1.77. The molecule has 2 aromatic heterocycles. The molecule has 9 heteroatoms. The number of hydrogen-bond donors (Lipinski definition) is 0. The third kappa shape index (κ3) is 4.00. The first-order chi connectivity index (χ1) is 14.4. The number of thiazole rings is 1. The Morgan fingerprint density at radius 1 is 1.17 bits per heavy atom. The number of halogens is 1. The van der Waals surface area contributed by atoms with Crippen LogP contribution in [0.15, 0.2) is 60.9 Å². The number of amides is 1. The van der Waals surface area contributed by atoms with Gasteiger partial charge in [-0.1, -0.05) is 22.9 Å². The van der Waals surface area contributed by atoms with Crippen LogP contribution in [0.25, 0.3) is 10.2 Å². The second-order valence-electron chi connectivity index (χ2n) is 6.62. The number of fused-ring (bicyclic) bond motifs is 1. The Hall–Kier alpha value is -3.36. The molecule has 0 N–H and O–H groups in total. The third-order valence-corrected chi connectivity index (χ3v) is 5.77. The minimum atomic E-state index is -0.497. The van der Waals surface area contributed by atoms with E-state index in [9.17, 15) is 14.9 Å². The van der Waals surface area contributed by atoms with Crippen molar-refractivity contribution in [2.45, 2.75) is 13.5 Å². The molecule has 0 saturated carbocycles. The van der Waals surface area contributed by atoms with Crippen LogP contribution in [0.1, 0.15) is 21.5 Å². The normalized spacial score (nSPS) is 10.9. The van der Waals surface area contributed by atoms with Crippen LogP contribution in [-0.2, 0) is 6.54 Å². The summed E-state index contributed by atoms with van der Waals surface area (Å²) in [6.07, 6.45) is 3.32. The summed E-state index contributed by atoms with van der Waals surface area (Å²) in [6, 6.07) is 12.9. The first-order valence-electron chi connectivity index (χ1n) is 8.94. The van der Waals surface area contributed by atoms with E-state index < -0.39 is 4.92 Å². The lowest BCUT2D eigenvalue weighted by atomic mass is 10.1. The molecule has 2 aromatic carbocycles. The molecule has 0 aliphatic carbocycles. The van der Waals surface area contributed by atoms with Crippen molar-refractivity contribution in [1.82, 2.24) is 9.97 Å². The SMILES string of the molecule is Cc1cc(Cl)cc2sc(N(Cc3ccncc3)C(=O)c3ccc([N+](=O)[O-])cc3)nc12. The average molecular weight is 439 g/mol. The van der Waals surface area contributed by atoms with Crippen LogP contribution >= 0.6 is 22.9 Å². The van der Waals surface area contributed by atoms with E-state index in [0.717, 1.165) is 21.3 Å². The molecule has 150 valence electrons. The Bertz CT molecular complexity index is 1240. The maximum absolute atomic E-state index is 13.3. The van der Waals surface area contributed by atoms with E-state index >= 15 is 0 Å². The standard InChI is InChI=1S/C21H15ClN4O3S/c1-13-10-16(22)11-18-19(13)24-21(30-18)25(12-14-6-8-23-9-7-14)20(27)15-2-4-17(5-3-15)26(28)29/h2-11H,12H2,1H3. The zero-order chi connectivity index (χ0) is 21.3. The number of carbonyl (C=O) groups is 1. The lowest BCUT2D eigenvalue weighted by molar-refractivity contribution is -0.384. The van der Waals surface area contributed by atoms with E-state index in [2.05, 4.69) is 9.97 Å². The highest BCUT2D eigenvalue weighted by Crippen LogP contribution is 2.34. The molecule has 4 aromatic rings. The van der Waals surface area contributed by atoms with Gasteiger partial charge < -0.3 is 0 Å². The number of nitro groups is 1. The second-order valence-corrected chi connectivity index (χ2v) is 8.06. The number of carbonyl (C=O) groups excluding carboxylic acids is 1. The van der Waals surface area contributed by atoms with Crippen LogP contribution in [0.2, 0.25) is 5.02 Å². The number of nitrogens with zero attached hydrogens (tertiary/aromatic N) is 4. The van der Waals surface area contributed by atoms with Gasteiger partial charge in [0.2, 0.25) is 0 Å². The predicted octanol–water partition coefficient (Wildman–Crippen LogP) is 5.41. The fraction of sp³-hybridized carbons (Fsp3) is 0.0952. The lowest BCUT2D eigenvalue weighted by Crippen LogP contribution is -2.30. The highest BCUT2D eigenvalue weighted by molar-refractivity contribution is 7.22. The Labute approximate surface area is 180 Å². The molecule has 0 fully saturated rings. The summed E-state index contributed by atoms with van der Waals surface area (Å²) >= 11 is 7.55. The summed E-state index contributed by atoms with van der Waals surface area (Å²) in [6.45, 7) is 2.20. The van der Waals surface area contributed by atoms with E-state index in [0.29, 0.717) is 15.7 Å². The van der Waals surface area contributed by atoms with Crippen LogP contribution in [0.5, 0.6) is 0 Å². The molecule has 0 spiro atoms. The van der Waals surface area contributed by atoms with Crippen molar-refractivity contribution in [3.8, 4) is 0 Å². The molecule has 0 saturated heterocycles. The maximum Gasteiger partial charge on any atom is 0.269 e. The van der Waals surface area contributed by atoms with Gasteiger partial charge in [-0.3, -0.25) is 24.8 Å². The molecule has 4 rings (SSSR count). The van der Waals surface area contributed by atoms with Gasteiger partial charge in [-0.2, -0.15) is 0 Å². The molecule has 0 atom stereocenters. The van der Waals surface area contributed by atoms with E-state index in [4.69, 9.17) is 11.6 Å². The second kappa shape index (κ2) is 8.17. The molecule has 7 nitrogen and oxygen atoms in total. The molecule has 0 aliphatic heterocycles. The van der Waals surface area contributed by atoms with Crippen molar-refractivity contribution in [2.24, 2.45) is 0 Å². The molecule has 2 heterocycles. The summed E-state index contributed by atoms with van der Waals surface area (Å²) in [5.41, 5.74) is 2.86. The van der Waals surface area contributed by atoms with Crippen molar-refractivity contribution in [3.05, 3.63) is 92.8 Å². The molecule has 0 bridgehead atoms. The van der Waals surface area contributed by atoms with E-state index in [-0.39, 0.29) is 18.1 Å². The van der Waals surface area contributed by atoms with Gasteiger partial charge in [0.1, 0.15) is 0 Å². The van der Waals surface area contributed by atoms with Crippen molar-refractivity contribution < 1.29 is 9.72 Å². The van der Waals surface area contributed by atoms with Gasteiger partial charge in [-0.15, -0.1) is 0 Å². The predicted molar refractivity (Wildman–Crippen MR) is 117 cm³/mol. The van der Waals surface area contributed by atoms with Crippen molar-refractivity contribution in [3.63, 3.8) is 0 Å². The number of pyridine rings is 1. The monoisotopic (exact) mass is 438 g/mol. The van der Waals surface area contributed by atoms with Crippen LogP contribution in [0.4, 0.5) is 10.8 Å². The highest BCUT2D eigenvalue weighted by atomic mass is 35.5. The zero-order valence-corrected chi connectivity index (χ0v) is 17.4. The molecule has 1 amide bonds. The molecular formula is C21H15ClN4O3S. The van der Waals surface area contributed by atoms with Gasteiger partial charge in [-0.05, 0) is 54.4 Å². The Morgan fingerprint density at radius 2 is 1.87 bits per heavy atom. The highest BCUT2D eigenvalue weighted by Gasteiger charge is 2.23.